The first-order valence-electron chi connectivity index (χ1n) is 19.2. The van der Waals surface area contributed by atoms with Crippen molar-refractivity contribution in [3.63, 3.8) is 0 Å². The number of hydrogen-bond donors (Lipinski definition) is 3. The van der Waals surface area contributed by atoms with E-state index in [0.717, 1.165) is 43.9 Å². The third-order valence-corrected chi connectivity index (χ3v) is 14.1. The van der Waals surface area contributed by atoms with E-state index in [9.17, 15) is 8.42 Å². The Morgan fingerprint density at radius 3 is 2.53 bits per heavy atom. The molecule has 2 saturated carbocycles. The van der Waals surface area contributed by atoms with E-state index in [4.69, 9.17) is 14.7 Å². The van der Waals surface area contributed by atoms with Crippen LogP contribution in [0.2, 0.25) is 0 Å². The number of nitrogens with zero attached hydrogens (tertiary/aromatic N) is 4. The van der Waals surface area contributed by atoms with Gasteiger partial charge in [-0.25, -0.2) is 13.4 Å². The zero-order chi connectivity index (χ0) is 34.0. The van der Waals surface area contributed by atoms with Gasteiger partial charge in [0.05, 0.1) is 23.7 Å². The second-order valence-electron chi connectivity index (χ2n) is 15.9. The number of sulfonamides is 1. The molecular weight excluding hydrogens is 635 g/mol. The fraction of sp³-hybridized carbons (Fsp3) is 0.737. The van der Waals surface area contributed by atoms with Crippen molar-refractivity contribution in [1.29, 1.82) is 0 Å². The van der Waals surface area contributed by atoms with Gasteiger partial charge in [0.2, 0.25) is 10.0 Å². The van der Waals surface area contributed by atoms with Gasteiger partial charge in [0.1, 0.15) is 18.3 Å². The molecule has 0 amide bonds. The van der Waals surface area contributed by atoms with Crippen LogP contribution in [0.3, 0.4) is 0 Å². The van der Waals surface area contributed by atoms with Crippen LogP contribution in [0.1, 0.15) is 119 Å². The Kier molecular flexibility index (Phi) is 11.2. The molecule has 7 rings (SSSR count). The predicted octanol–water partition coefficient (Wildman–Crippen LogP) is 5.67. The van der Waals surface area contributed by atoms with E-state index in [-0.39, 0.29) is 18.3 Å². The maximum absolute atomic E-state index is 14.0. The van der Waals surface area contributed by atoms with Crippen LogP contribution in [0, 0.1) is 25.7 Å². The molecule has 5 unspecified atom stereocenters. The second kappa shape index (κ2) is 15.6. The molecule has 5 fully saturated rings. The summed E-state index contributed by atoms with van der Waals surface area (Å²) >= 11 is 0. The Hall–Kier alpha value is -2.15. The molecule has 0 radical (unpaired) electrons. The average Bonchev–Trinajstić information content (AvgIpc) is 3.52. The summed E-state index contributed by atoms with van der Waals surface area (Å²) in [6, 6.07) is 7.03. The lowest BCUT2D eigenvalue weighted by molar-refractivity contribution is -0.0500. The highest BCUT2D eigenvalue weighted by Gasteiger charge is 2.39. The van der Waals surface area contributed by atoms with Crippen molar-refractivity contribution < 1.29 is 13.2 Å². The van der Waals surface area contributed by atoms with Crippen molar-refractivity contribution in [3.05, 3.63) is 53.0 Å². The molecule has 10 nitrogen and oxygen atoms in total. The Morgan fingerprint density at radius 1 is 0.939 bits per heavy atom. The van der Waals surface area contributed by atoms with Gasteiger partial charge in [0.15, 0.2) is 0 Å². The van der Waals surface area contributed by atoms with Crippen molar-refractivity contribution >= 4 is 15.8 Å². The van der Waals surface area contributed by atoms with Crippen molar-refractivity contribution in [2.75, 3.05) is 24.6 Å². The largest absolute Gasteiger partial charge is 0.362 e. The van der Waals surface area contributed by atoms with Crippen LogP contribution in [-0.2, 0) is 21.3 Å². The highest BCUT2D eigenvalue weighted by atomic mass is 32.2. The number of aryl methyl sites for hydroxylation is 2. The minimum atomic E-state index is -3.58. The van der Waals surface area contributed by atoms with Gasteiger partial charge in [-0.2, -0.15) is 4.72 Å². The van der Waals surface area contributed by atoms with E-state index in [0.29, 0.717) is 50.3 Å². The first-order valence-corrected chi connectivity index (χ1v) is 20.8. The standard InChI is InChI=1S/C38H59N7O3S/c1-26-10-7-11-27(2)37(26)34-20-36-42-38(41-34)43-49(46,47)33-16-8-15-30(19-33)23-44(32(25-48-36)18-29-13-5-4-6-14-29)24-31-21-39-22-35(40-31)45-17-9-12-28(45)3/h7,10-11,21-22,28-30,32-34,36,38,41-43H,4-6,8-9,12-20,23-25H2,1-3H3/t28-,30?,32-,33?,34?,36?,38?/m1/s1. The molecule has 7 atom stereocenters. The minimum absolute atomic E-state index is 0.0386. The number of anilines is 1. The Balaban J connectivity index is 1.21. The molecule has 49 heavy (non-hydrogen) atoms. The summed E-state index contributed by atoms with van der Waals surface area (Å²) in [7, 11) is -3.58. The summed E-state index contributed by atoms with van der Waals surface area (Å²) in [5, 5.41) is 6.73. The van der Waals surface area contributed by atoms with Crippen LogP contribution < -0.4 is 20.3 Å². The molecular formula is C38H59N7O3S. The number of nitrogens with one attached hydrogen (secondary N) is 3. The molecule has 11 heteroatoms. The van der Waals surface area contributed by atoms with Gasteiger partial charge >= 0.3 is 0 Å². The van der Waals surface area contributed by atoms with Gasteiger partial charge in [-0.05, 0) is 87.8 Å². The lowest BCUT2D eigenvalue weighted by Crippen LogP contribution is -2.64. The van der Waals surface area contributed by atoms with Crippen molar-refractivity contribution in [3.8, 4) is 0 Å². The van der Waals surface area contributed by atoms with Crippen LogP contribution in [-0.4, -0.2) is 72.8 Å². The summed E-state index contributed by atoms with van der Waals surface area (Å²) in [6.45, 7) is 9.75. The van der Waals surface area contributed by atoms with E-state index in [1.807, 2.05) is 12.4 Å². The van der Waals surface area contributed by atoms with E-state index in [1.54, 1.807) is 0 Å². The van der Waals surface area contributed by atoms with Gasteiger partial charge in [-0.15, -0.1) is 0 Å². The first kappa shape index (κ1) is 35.3. The molecule has 1 aromatic heterocycles. The molecule has 3 N–H and O–H groups in total. The van der Waals surface area contributed by atoms with Gasteiger partial charge in [0, 0.05) is 50.4 Å². The van der Waals surface area contributed by atoms with E-state index in [2.05, 4.69) is 64.1 Å². The molecule has 3 aliphatic heterocycles. The maximum Gasteiger partial charge on any atom is 0.216 e. The quantitative estimate of drug-likeness (QED) is 0.353. The molecule has 3 saturated heterocycles. The molecule has 270 valence electrons. The first-order chi connectivity index (χ1) is 23.7. The summed E-state index contributed by atoms with van der Waals surface area (Å²) in [4.78, 5) is 14.9. The third kappa shape index (κ3) is 8.50. The van der Waals surface area contributed by atoms with Crippen LogP contribution in [0.25, 0.3) is 0 Å². The molecule has 2 aromatic rings. The Labute approximate surface area is 294 Å². The summed E-state index contributed by atoms with van der Waals surface area (Å²) in [6.07, 6.45) is 17.0. The number of benzene rings is 1. The Morgan fingerprint density at radius 2 is 1.76 bits per heavy atom. The molecule has 4 bridgehead atoms. The van der Waals surface area contributed by atoms with Crippen molar-refractivity contribution in [1.82, 2.24) is 30.2 Å². The van der Waals surface area contributed by atoms with Crippen LogP contribution in [0.4, 0.5) is 5.82 Å². The highest BCUT2D eigenvalue weighted by molar-refractivity contribution is 7.90. The fourth-order valence-corrected chi connectivity index (χ4v) is 11.3. The van der Waals surface area contributed by atoms with Gasteiger partial charge in [-0.1, -0.05) is 56.7 Å². The molecule has 1 aromatic carbocycles. The molecule has 0 spiro atoms. The number of rotatable bonds is 6. The van der Waals surface area contributed by atoms with E-state index >= 15 is 0 Å². The highest BCUT2D eigenvalue weighted by Crippen LogP contribution is 2.35. The third-order valence-electron chi connectivity index (χ3n) is 12.2. The lowest BCUT2D eigenvalue weighted by Gasteiger charge is -2.40. The van der Waals surface area contributed by atoms with Gasteiger partial charge in [0.25, 0.3) is 0 Å². The number of aromatic nitrogens is 2. The molecule has 5 aliphatic rings. The van der Waals surface area contributed by atoms with Crippen LogP contribution in [0.15, 0.2) is 30.6 Å². The number of hydrogen-bond acceptors (Lipinski definition) is 9. The van der Waals surface area contributed by atoms with Gasteiger partial charge in [-0.3, -0.25) is 20.5 Å². The molecule has 2 aliphatic carbocycles. The monoisotopic (exact) mass is 693 g/mol. The number of fused-ring (bicyclic) bond motifs is 4. The average molecular weight is 694 g/mol. The number of ether oxygens (including phenoxy) is 1. The second-order valence-corrected chi connectivity index (χ2v) is 17.9. The van der Waals surface area contributed by atoms with Crippen molar-refractivity contribution in [2.45, 2.75) is 147 Å². The van der Waals surface area contributed by atoms with E-state index in [1.165, 1.54) is 61.6 Å². The topological polar surface area (TPSA) is 112 Å². The fourth-order valence-electron chi connectivity index (χ4n) is 9.62. The predicted molar refractivity (Wildman–Crippen MR) is 194 cm³/mol. The van der Waals surface area contributed by atoms with Crippen LogP contribution >= 0.6 is 0 Å². The zero-order valence-electron chi connectivity index (χ0n) is 29.9. The summed E-state index contributed by atoms with van der Waals surface area (Å²) in [5.74, 6) is 1.95. The van der Waals surface area contributed by atoms with Gasteiger partial charge < -0.3 is 9.64 Å². The summed E-state index contributed by atoms with van der Waals surface area (Å²) in [5.41, 5.74) is 4.64. The van der Waals surface area contributed by atoms with Crippen LogP contribution in [0.5, 0.6) is 0 Å². The van der Waals surface area contributed by atoms with E-state index < -0.39 is 21.6 Å². The maximum atomic E-state index is 14.0. The minimum Gasteiger partial charge on any atom is -0.362 e. The summed E-state index contributed by atoms with van der Waals surface area (Å²) < 4.78 is 38.0. The lowest BCUT2D eigenvalue weighted by atomic mass is 9.83. The smallest absolute Gasteiger partial charge is 0.216 e. The Bertz CT molecular complexity index is 1500. The zero-order valence-corrected chi connectivity index (χ0v) is 30.8. The molecule has 4 heterocycles. The van der Waals surface area contributed by atoms with Crippen molar-refractivity contribution in [2.24, 2.45) is 11.8 Å². The SMILES string of the molecule is Cc1cccc(C)c1C1CC2NC(N1)NS(=O)(=O)C1CCCC(C1)CN(Cc1cncc(N3CCC[C@H]3C)n1)[C@H](CC1CCCCC1)CO2. The normalized spacial score (nSPS) is 33.4.